The molecule has 28 heavy (non-hydrogen) atoms. The maximum atomic E-state index is 12.2. The van der Waals surface area contributed by atoms with Crippen molar-refractivity contribution in [1.29, 1.82) is 0 Å². The van der Waals surface area contributed by atoms with Gasteiger partial charge in [-0.15, -0.1) is 0 Å². The van der Waals surface area contributed by atoms with E-state index in [2.05, 4.69) is 16.0 Å². The molecule has 0 atom stereocenters. The van der Waals surface area contributed by atoms with E-state index in [4.69, 9.17) is 9.15 Å². The number of benzene rings is 2. The summed E-state index contributed by atoms with van der Waals surface area (Å²) in [6.07, 6.45) is 1.43. The number of carbonyl (C=O) groups excluding carboxylic acids is 2. The molecule has 0 radical (unpaired) electrons. The summed E-state index contributed by atoms with van der Waals surface area (Å²) in [4.78, 5) is 24.2. The first-order valence-corrected chi connectivity index (χ1v) is 8.85. The smallest absolute Gasteiger partial charge is 0.291 e. The molecule has 3 rings (SSSR count). The Kier molecular flexibility index (Phi) is 6.30. The highest BCUT2D eigenvalue weighted by molar-refractivity contribution is 6.02. The molecule has 7 heteroatoms. The van der Waals surface area contributed by atoms with E-state index in [0.29, 0.717) is 18.0 Å². The fourth-order valence-corrected chi connectivity index (χ4v) is 2.53. The molecule has 1 heterocycles. The van der Waals surface area contributed by atoms with Crippen molar-refractivity contribution in [3.63, 3.8) is 0 Å². The molecular weight excluding hydrogens is 358 g/mol. The van der Waals surface area contributed by atoms with Gasteiger partial charge in [-0.25, -0.2) is 0 Å². The molecule has 2 aromatic carbocycles. The second-order valence-corrected chi connectivity index (χ2v) is 5.87. The molecule has 0 fully saturated rings. The molecule has 0 aliphatic carbocycles. The number of anilines is 3. The average molecular weight is 379 g/mol. The number of hydrogen-bond donors (Lipinski definition) is 3. The van der Waals surface area contributed by atoms with Gasteiger partial charge in [-0.3, -0.25) is 9.59 Å². The summed E-state index contributed by atoms with van der Waals surface area (Å²) in [6, 6.07) is 17.5. The van der Waals surface area contributed by atoms with Gasteiger partial charge in [-0.1, -0.05) is 12.1 Å². The second-order valence-electron chi connectivity index (χ2n) is 5.87. The van der Waals surface area contributed by atoms with E-state index in [-0.39, 0.29) is 24.1 Å². The van der Waals surface area contributed by atoms with Crippen molar-refractivity contribution in [2.45, 2.75) is 6.92 Å². The molecule has 0 unspecified atom stereocenters. The molecule has 0 spiro atoms. The van der Waals surface area contributed by atoms with Crippen LogP contribution in [-0.2, 0) is 4.79 Å². The van der Waals surface area contributed by atoms with E-state index in [1.54, 1.807) is 36.4 Å². The lowest BCUT2D eigenvalue weighted by Crippen LogP contribution is -2.21. The zero-order chi connectivity index (χ0) is 19.8. The van der Waals surface area contributed by atoms with Crippen LogP contribution in [0.1, 0.15) is 17.5 Å². The van der Waals surface area contributed by atoms with Crippen LogP contribution in [0.15, 0.2) is 71.3 Å². The standard InChI is InChI=1S/C21H21N3O4/c1-2-27-18-9-4-6-15(13-18)22-14-20(25)23-16-7-3-8-17(12-16)24-21(26)19-10-5-11-28-19/h3-13,22H,2,14H2,1H3,(H,23,25)(H,24,26). The summed E-state index contributed by atoms with van der Waals surface area (Å²) in [5.74, 6) is 0.390. The van der Waals surface area contributed by atoms with E-state index in [9.17, 15) is 9.59 Å². The van der Waals surface area contributed by atoms with Crippen LogP contribution in [0.2, 0.25) is 0 Å². The van der Waals surface area contributed by atoms with Crippen LogP contribution in [0.4, 0.5) is 17.1 Å². The summed E-state index contributed by atoms with van der Waals surface area (Å²) >= 11 is 0. The third kappa shape index (κ3) is 5.38. The van der Waals surface area contributed by atoms with Crippen molar-refractivity contribution in [1.82, 2.24) is 0 Å². The largest absolute Gasteiger partial charge is 0.494 e. The number of hydrogen-bond acceptors (Lipinski definition) is 5. The molecule has 0 saturated heterocycles. The molecule has 0 saturated carbocycles. The minimum Gasteiger partial charge on any atom is -0.494 e. The Balaban J connectivity index is 1.54. The summed E-state index contributed by atoms with van der Waals surface area (Å²) < 4.78 is 10.5. The molecule has 7 nitrogen and oxygen atoms in total. The van der Waals surface area contributed by atoms with Crippen LogP contribution in [0.5, 0.6) is 5.75 Å². The average Bonchev–Trinajstić information content (AvgIpc) is 3.22. The SMILES string of the molecule is CCOc1cccc(NCC(=O)Nc2cccc(NC(=O)c3ccco3)c2)c1. The first kappa shape index (κ1) is 19.0. The molecule has 0 aliphatic rings. The monoisotopic (exact) mass is 379 g/mol. The van der Waals surface area contributed by atoms with Gasteiger partial charge in [0.25, 0.3) is 5.91 Å². The maximum absolute atomic E-state index is 12.2. The summed E-state index contributed by atoms with van der Waals surface area (Å²) in [7, 11) is 0. The lowest BCUT2D eigenvalue weighted by molar-refractivity contribution is -0.114. The molecule has 0 aliphatic heterocycles. The van der Waals surface area contributed by atoms with Crippen molar-refractivity contribution in [3.05, 3.63) is 72.7 Å². The molecule has 3 aromatic rings. The Morgan fingerprint density at radius 1 is 0.929 bits per heavy atom. The van der Waals surface area contributed by atoms with Crippen molar-refractivity contribution >= 4 is 28.9 Å². The molecule has 144 valence electrons. The van der Waals surface area contributed by atoms with Gasteiger partial charge in [-0.2, -0.15) is 0 Å². The normalized spacial score (nSPS) is 10.2. The molecule has 0 bridgehead atoms. The van der Waals surface area contributed by atoms with E-state index in [1.165, 1.54) is 6.26 Å². The van der Waals surface area contributed by atoms with Gasteiger partial charge in [0.15, 0.2) is 5.76 Å². The van der Waals surface area contributed by atoms with E-state index >= 15 is 0 Å². The lowest BCUT2D eigenvalue weighted by Gasteiger charge is -2.10. The summed E-state index contributed by atoms with van der Waals surface area (Å²) in [5.41, 5.74) is 1.92. The molecular formula is C21H21N3O4. The number of rotatable bonds is 8. The Labute approximate surface area is 162 Å². The Morgan fingerprint density at radius 3 is 2.43 bits per heavy atom. The van der Waals surface area contributed by atoms with Gasteiger partial charge < -0.3 is 25.1 Å². The zero-order valence-electron chi connectivity index (χ0n) is 15.4. The fraction of sp³-hybridized carbons (Fsp3) is 0.143. The van der Waals surface area contributed by atoms with Crippen molar-refractivity contribution in [3.8, 4) is 5.75 Å². The summed E-state index contributed by atoms with van der Waals surface area (Å²) in [6.45, 7) is 2.59. The van der Waals surface area contributed by atoms with Gasteiger partial charge >= 0.3 is 0 Å². The highest BCUT2D eigenvalue weighted by Crippen LogP contribution is 2.18. The Morgan fingerprint density at radius 2 is 1.68 bits per heavy atom. The van der Waals surface area contributed by atoms with Crippen LogP contribution >= 0.6 is 0 Å². The minimum atomic E-state index is -0.357. The highest BCUT2D eigenvalue weighted by atomic mass is 16.5. The molecule has 1 aromatic heterocycles. The van der Waals surface area contributed by atoms with Crippen molar-refractivity contribution in [2.75, 3.05) is 29.1 Å². The quantitative estimate of drug-likeness (QED) is 0.550. The van der Waals surface area contributed by atoms with Crippen LogP contribution in [0.3, 0.4) is 0 Å². The van der Waals surface area contributed by atoms with Gasteiger partial charge in [-0.05, 0) is 49.4 Å². The number of nitrogens with one attached hydrogen (secondary N) is 3. The third-order valence-corrected chi connectivity index (χ3v) is 3.75. The van der Waals surface area contributed by atoms with Crippen LogP contribution in [0.25, 0.3) is 0 Å². The zero-order valence-corrected chi connectivity index (χ0v) is 15.4. The lowest BCUT2D eigenvalue weighted by atomic mass is 10.2. The van der Waals surface area contributed by atoms with Gasteiger partial charge in [0.05, 0.1) is 19.4 Å². The van der Waals surface area contributed by atoms with Crippen LogP contribution in [-0.4, -0.2) is 25.0 Å². The third-order valence-electron chi connectivity index (χ3n) is 3.75. The van der Waals surface area contributed by atoms with Gasteiger partial charge in [0.1, 0.15) is 5.75 Å². The summed E-state index contributed by atoms with van der Waals surface area (Å²) in [5, 5.41) is 8.57. The predicted molar refractivity (Wildman–Crippen MR) is 108 cm³/mol. The van der Waals surface area contributed by atoms with Crippen molar-refractivity contribution < 1.29 is 18.7 Å². The highest BCUT2D eigenvalue weighted by Gasteiger charge is 2.09. The fourth-order valence-electron chi connectivity index (χ4n) is 2.53. The maximum Gasteiger partial charge on any atom is 0.291 e. The van der Waals surface area contributed by atoms with E-state index in [1.807, 2.05) is 31.2 Å². The first-order chi connectivity index (χ1) is 13.6. The Hall–Kier alpha value is -3.74. The first-order valence-electron chi connectivity index (χ1n) is 8.85. The van der Waals surface area contributed by atoms with Gasteiger partial charge in [0.2, 0.25) is 5.91 Å². The molecule has 2 amide bonds. The molecule has 3 N–H and O–H groups in total. The number of amides is 2. The van der Waals surface area contributed by atoms with Crippen LogP contribution < -0.4 is 20.7 Å². The number of furan rings is 1. The predicted octanol–water partition coefficient (Wildman–Crippen LogP) is 3.98. The Bertz CT molecular complexity index is 938. The number of carbonyl (C=O) groups is 2. The van der Waals surface area contributed by atoms with Gasteiger partial charge in [0, 0.05) is 23.1 Å². The van der Waals surface area contributed by atoms with E-state index in [0.717, 1.165) is 11.4 Å². The second kappa shape index (κ2) is 9.27. The topological polar surface area (TPSA) is 92.6 Å². The number of ether oxygens (including phenoxy) is 1. The van der Waals surface area contributed by atoms with E-state index < -0.39 is 0 Å². The van der Waals surface area contributed by atoms with Crippen molar-refractivity contribution in [2.24, 2.45) is 0 Å². The minimum absolute atomic E-state index is 0.0958. The van der Waals surface area contributed by atoms with Crippen LogP contribution in [0, 0.1) is 0 Å².